The third-order valence-electron chi connectivity index (χ3n) is 5.75. The van der Waals surface area contributed by atoms with E-state index in [1.165, 1.54) is 0 Å². The van der Waals surface area contributed by atoms with Crippen LogP contribution in [0.15, 0.2) is 53.3 Å². The number of hydrogen-bond acceptors (Lipinski definition) is 5. The molecule has 0 saturated heterocycles. The zero-order valence-electron chi connectivity index (χ0n) is 18.5. The van der Waals surface area contributed by atoms with Crippen LogP contribution in [0.3, 0.4) is 0 Å². The fraction of sp³-hybridized carbons (Fsp3) is 0.320. The summed E-state index contributed by atoms with van der Waals surface area (Å²) in [4.78, 5) is 26.5. The first kappa shape index (κ1) is 21.6. The van der Waals surface area contributed by atoms with Crippen LogP contribution in [-0.2, 0) is 30.6 Å². The van der Waals surface area contributed by atoms with Gasteiger partial charge in [-0.05, 0) is 54.5 Å². The average molecular weight is 433 g/mol. The second kappa shape index (κ2) is 9.68. The number of fused-ring (bicyclic) bond motifs is 1. The van der Waals surface area contributed by atoms with Crippen molar-refractivity contribution in [3.8, 4) is 0 Å². The van der Waals surface area contributed by atoms with Gasteiger partial charge in [0.05, 0.1) is 17.1 Å². The van der Waals surface area contributed by atoms with E-state index in [4.69, 9.17) is 4.74 Å². The summed E-state index contributed by atoms with van der Waals surface area (Å²) in [7, 11) is 3.85. The molecule has 1 aliphatic carbocycles. The van der Waals surface area contributed by atoms with Crippen LogP contribution in [0, 0.1) is 0 Å². The first-order valence-corrected chi connectivity index (χ1v) is 10.9. The summed E-state index contributed by atoms with van der Waals surface area (Å²) in [5.41, 5.74) is 6.25. The van der Waals surface area contributed by atoms with Crippen LogP contribution < -0.4 is 15.8 Å². The minimum absolute atomic E-state index is 0.0741. The van der Waals surface area contributed by atoms with Gasteiger partial charge in [0.1, 0.15) is 6.61 Å². The number of rotatable bonds is 6. The van der Waals surface area contributed by atoms with Crippen molar-refractivity contribution in [1.29, 1.82) is 0 Å². The molecular weight excluding hydrogens is 404 g/mol. The molecule has 0 radical (unpaired) electrons. The number of benzene rings is 2. The second-order valence-corrected chi connectivity index (χ2v) is 8.27. The Morgan fingerprint density at radius 1 is 1.06 bits per heavy atom. The van der Waals surface area contributed by atoms with Gasteiger partial charge in [-0.3, -0.25) is 10.1 Å². The Morgan fingerprint density at radius 3 is 2.56 bits per heavy atom. The first-order chi connectivity index (χ1) is 15.5. The van der Waals surface area contributed by atoms with Crippen LogP contribution in [0.1, 0.15) is 40.8 Å². The van der Waals surface area contributed by atoms with Gasteiger partial charge in [0.25, 0.3) is 5.56 Å². The lowest BCUT2D eigenvalue weighted by atomic mass is 9.90. The van der Waals surface area contributed by atoms with Crippen molar-refractivity contribution < 1.29 is 9.53 Å². The van der Waals surface area contributed by atoms with E-state index < -0.39 is 6.09 Å². The Balaban J connectivity index is 1.53. The third kappa shape index (κ3) is 4.99. The summed E-state index contributed by atoms with van der Waals surface area (Å²) in [6.07, 6.45) is 3.88. The highest BCUT2D eigenvalue weighted by Gasteiger charge is 2.19. The van der Waals surface area contributed by atoms with Crippen molar-refractivity contribution in [1.82, 2.24) is 10.2 Å². The van der Waals surface area contributed by atoms with E-state index >= 15 is 0 Å². The fourth-order valence-corrected chi connectivity index (χ4v) is 4.12. The van der Waals surface area contributed by atoms with Gasteiger partial charge in [-0.15, -0.1) is 0 Å². The van der Waals surface area contributed by atoms with Crippen molar-refractivity contribution in [3.63, 3.8) is 0 Å². The monoisotopic (exact) mass is 432 g/mol. The molecule has 166 valence electrons. The predicted octanol–water partition coefficient (Wildman–Crippen LogP) is 4.05. The SMILES string of the molecule is CN(C)c1ccc(Cc2n[nH]c(=O)c3c2CCCC3)cc1NC(=O)OCc1ccccc1. The molecule has 7 nitrogen and oxygen atoms in total. The van der Waals surface area contributed by atoms with Gasteiger partial charge in [0.2, 0.25) is 0 Å². The molecule has 2 aromatic carbocycles. The van der Waals surface area contributed by atoms with E-state index in [9.17, 15) is 9.59 Å². The van der Waals surface area contributed by atoms with Gasteiger partial charge in [0.15, 0.2) is 0 Å². The molecule has 2 N–H and O–H groups in total. The molecule has 0 aliphatic heterocycles. The summed E-state index contributed by atoms with van der Waals surface area (Å²) in [5, 5.41) is 9.87. The number of anilines is 2. The number of aromatic nitrogens is 2. The number of nitrogens with zero attached hydrogens (tertiary/aromatic N) is 2. The zero-order chi connectivity index (χ0) is 22.5. The predicted molar refractivity (Wildman–Crippen MR) is 125 cm³/mol. The Hall–Kier alpha value is -3.61. The molecule has 4 rings (SSSR count). The summed E-state index contributed by atoms with van der Waals surface area (Å²) in [5.74, 6) is 0. The van der Waals surface area contributed by atoms with E-state index in [1.807, 2.05) is 67.5 Å². The molecule has 0 unspecified atom stereocenters. The summed E-state index contributed by atoms with van der Waals surface area (Å²) in [6, 6.07) is 15.5. The van der Waals surface area contributed by atoms with Crippen molar-refractivity contribution in [2.75, 3.05) is 24.3 Å². The van der Waals surface area contributed by atoms with E-state index in [1.54, 1.807) is 0 Å². The van der Waals surface area contributed by atoms with E-state index in [2.05, 4.69) is 15.5 Å². The first-order valence-electron chi connectivity index (χ1n) is 10.9. The van der Waals surface area contributed by atoms with Crippen LogP contribution >= 0.6 is 0 Å². The van der Waals surface area contributed by atoms with E-state index in [0.717, 1.165) is 59.3 Å². The van der Waals surface area contributed by atoms with Crippen molar-refractivity contribution in [2.24, 2.45) is 0 Å². The minimum Gasteiger partial charge on any atom is -0.444 e. The van der Waals surface area contributed by atoms with Gasteiger partial charge in [-0.2, -0.15) is 5.10 Å². The maximum atomic E-state index is 12.5. The highest BCUT2D eigenvalue weighted by atomic mass is 16.5. The number of carbonyl (C=O) groups excluding carboxylic acids is 1. The molecule has 0 bridgehead atoms. The number of aromatic amines is 1. The summed E-state index contributed by atoms with van der Waals surface area (Å²) >= 11 is 0. The molecule has 7 heteroatoms. The minimum atomic E-state index is -0.506. The standard InChI is InChI=1S/C25H28N4O3/c1-29(2)23-13-12-18(14-21-19-10-6-7-11-20(19)24(30)28-27-21)15-22(23)26-25(31)32-16-17-8-4-3-5-9-17/h3-5,8-9,12-13,15H,6-7,10-11,14,16H2,1-2H3,(H,26,31)(H,28,30). The molecule has 32 heavy (non-hydrogen) atoms. The van der Waals surface area contributed by atoms with Gasteiger partial charge in [-0.1, -0.05) is 36.4 Å². The highest BCUT2D eigenvalue weighted by molar-refractivity contribution is 5.90. The van der Waals surface area contributed by atoms with Gasteiger partial charge in [0, 0.05) is 26.1 Å². The van der Waals surface area contributed by atoms with Crippen LogP contribution in [0.2, 0.25) is 0 Å². The van der Waals surface area contributed by atoms with E-state index in [-0.39, 0.29) is 12.2 Å². The molecule has 1 heterocycles. The zero-order valence-corrected chi connectivity index (χ0v) is 18.5. The third-order valence-corrected chi connectivity index (χ3v) is 5.75. The summed E-state index contributed by atoms with van der Waals surface area (Å²) < 4.78 is 5.39. The summed E-state index contributed by atoms with van der Waals surface area (Å²) in [6.45, 7) is 0.205. The normalized spacial score (nSPS) is 12.7. The van der Waals surface area contributed by atoms with Crippen LogP contribution in [0.25, 0.3) is 0 Å². The Bertz CT molecular complexity index is 1160. The lowest BCUT2D eigenvalue weighted by Gasteiger charge is -2.20. The topological polar surface area (TPSA) is 87.3 Å². The molecule has 3 aromatic rings. The lowest BCUT2D eigenvalue weighted by Crippen LogP contribution is -2.23. The number of H-pyrrole nitrogens is 1. The van der Waals surface area contributed by atoms with Crippen LogP contribution in [0.5, 0.6) is 0 Å². The number of carbonyl (C=O) groups is 1. The van der Waals surface area contributed by atoms with Gasteiger partial charge in [-0.25, -0.2) is 9.89 Å². The Morgan fingerprint density at radius 2 is 1.81 bits per heavy atom. The molecule has 0 fully saturated rings. The lowest BCUT2D eigenvalue weighted by molar-refractivity contribution is 0.155. The number of ether oxygens (including phenoxy) is 1. The van der Waals surface area contributed by atoms with Crippen LogP contribution in [0.4, 0.5) is 16.2 Å². The largest absolute Gasteiger partial charge is 0.444 e. The molecule has 1 aliphatic rings. The average Bonchev–Trinajstić information content (AvgIpc) is 2.80. The van der Waals surface area contributed by atoms with Gasteiger partial charge < -0.3 is 9.64 Å². The fourth-order valence-electron chi connectivity index (χ4n) is 4.12. The van der Waals surface area contributed by atoms with Crippen molar-refractivity contribution >= 4 is 17.5 Å². The maximum Gasteiger partial charge on any atom is 0.412 e. The molecule has 0 saturated carbocycles. The smallest absolute Gasteiger partial charge is 0.412 e. The molecule has 1 aromatic heterocycles. The van der Waals surface area contributed by atoms with Gasteiger partial charge >= 0.3 is 6.09 Å². The second-order valence-electron chi connectivity index (χ2n) is 8.27. The molecular formula is C25H28N4O3. The quantitative estimate of drug-likeness (QED) is 0.614. The Kier molecular flexibility index (Phi) is 6.54. The maximum absolute atomic E-state index is 12.5. The number of amides is 1. The molecule has 0 spiro atoms. The number of nitrogens with one attached hydrogen (secondary N) is 2. The highest BCUT2D eigenvalue weighted by Crippen LogP contribution is 2.28. The van der Waals surface area contributed by atoms with Crippen LogP contribution in [-0.4, -0.2) is 30.4 Å². The number of hydrogen-bond donors (Lipinski definition) is 2. The molecule has 0 atom stereocenters. The Labute approximate surface area is 187 Å². The van der Waals surface area contributed by atoms with E-state index in [0.29, 0.717) is 12.1 Å². The van der Waals surface area contributed by atoms with Crippen molar-refractivity contribution in [2.45, 2.75) is 38.7 Å². The van der Waals surface area contributed by atoms with Crippen molar-refractivity contribution in [3.05, 3.63) is 86.8 Å². The molecule has 1 amide bonds.